The van der Waals surface area contributed by atoms with Gasteiger partial charge in [-0.25, -0.2) is 4.79 Å². The van der Waals surface area contributed by atoms with Crippen LogP contribution in [0.3, 0.4) is 0 Å². The van der Waals surface area contributed by atoms with Crippen molar-refractivity contribution in [3.05, 3.63) is 29.3 Å². The number of anilines is 1. The summed E-state index contributed by atoms with van der Waals surface area (Å²) in [5.74, 6) is -0.501. The first-order valence-corrected chi connectivity index (χ1v) is 8.09. The molecule has 1 amide bonds. The van der Waals surface area contributed by atoms with Crippen LogP contribution in [0.4, 0.5) is 5.69 Å². The number of methoxy groups -OCH3 is 1. The Morgan fingerprint density at radius 1 is 1.26 bits per heavy atom. The van der Waals surface area contributed by atoms with Gasteiger partial charge in [0.2, 0.25) is 0 Å². The van der Waals surface area contributed by atoms with E-state index in [2.05, 4.69) is 33.3 Å². The quantitative estimate of drug-likeness (QED) is 0.620. The second-order valence-electron chi connectivity index (χ2n) is 6.38. The predicted octanol–water partition coefficient (Wildman–Crippen LogP) is 2.99. The van der Waals surface area contributed by atoms with E-state index in [0.717, 1.165) is 24.9 Å². The van der Waals surface area contributed by atoms with Gasteiger partial charge in [-0.1, -0.05) is 19.1 Å². The minimum Gasteiger partial charge on any atom is -0.465 e. The van der Waals surface area contributed by atoms with Crippen molar-refractivity contribution in [2.75, 3.05) is 33.1 Å². The first-order chi connectivity index (χ1) is 10.8. The number of para-hydroxylation sites is 1. The van der Waals surface area contributed by atoms with Crippen LogP contribution in [-0.4, -0.2) is 50.2 Å². The summed E-state index contributed by atoms with van der Waals surface area (Å²) >= 11 is 0. The van der Waals surface area contributed by atoms with Crippen LogP contribution in [-0.2, 0) is 9.53 Å². The zero-order valence-electron chi connectivity index (χ0n) is 15.1. The highest BCUT2D eigenvalue weighted by molar-refractivity contribution is 6.03. The normalized spacial score (nSPS) is 12.6. The minimum atomic E-state index is -0.444. The first kappa shape index (κ1) is 19.2. The summed E-state index contributed by atoms with van der Waals surface area (Å²) in [6, 6.07) is 5.17. The summed E-state index contributed by atoms with van der Waals surface area (Å²) in [6.45, 7) is 6.87. The van der Waals surface area contributed by atoms with E-state index in [1.54, 1.807) is 12.1 Å². The maximum absolute atomic E-state index is 12.8. The van der Waals surface area contributed by atoms with Crippen molar-refractivity contribution < 1.29 is 18.8 Å². The fourth-order valence-corrected chi connectivity index (χ4v) is 2.61. The van der Waals surface area contributed by atoms with E-state index in [9.17, 15) is 9.59 Å². The molecule has 1 atom stereocenters. The van der Waals surface area contributed by atoms with Crippen LogP contribution in [0.2, 0.25) is 0 Å². The van der Waals surface area contributed by atoms with Gasteiger partial charge in [-0.2, -0.15) is 0 Å². The molecule has 1 aromatic carbocycles. The van der Waals surface area contributed by atoms with E-state index in [0.29, 0.717) is 15.7 Å². The van der Waals surface area contributed by atoms with Crippen LogP contribution >= 0.6 is 0 Å². The molecular formula is C18H29N2O3+. The molecule has 1 unspecified atom stereocenters. The molecule has 0 heterocycles. The SMILES string of the molecule is CCCC(C(=O)Nc1c(C)cccc1C(=O)OC)[N+](C)(C)CC. The number of aryl methyl sites for hydroxylation is 1. The van der Waals surface area contributed by atoms with Crippen LogP contribution in [0.15, 0.2) is 18.2 Å². The number of hydrogen-bond donors (Lipinski definition) is 1. The van der Waals surface area contributed by atoms with Gasteiger partial charge < -0.3 is 14.5 Å². The zero-order chi connectivity index (χ0) is 17.6. The Bertz CT molecular complexity index is 567. The maximum Gasteiger partial charge on any atom is 0.339 e. The lowest BCUT2D eigenvalue weighted by atomic mass is 10.0. The highest BCUT2D eigenvalue weighted by Crippen LogP contribution is 2.23. The number of likely N-dealkylation sites (N-methyl/N-ethyl adjacent to an activating group) is 1. The third kappa shape index (κ3) is 4.55. The molecule has 0 radical (unpaired) electrons. The molecule has 0 aliphatic rings. The average molecular weight is 321 g/mol. The van der Waals surface area contributed by atoms with Gasteiger partial charge >= 0.3 is 5.97 Å². The lowest BCUT2D eigenvalue weighted by molar-refractivity contribution is -0.904. The van der Waals surface area contributed by atoms with Gasteiger partial charge in [0.25, 0.3) is 5.91 Å². The molecule has 0 aromatic heterocycles. The number of benzene rings is 1. The van der Waals surface area contributed by atoms with E-state index < -0.39 is 5.97 Å². The average Bonchev–Trinajstić information content (AvgIpc) is 2.53. The fourth-order valence-electron chi connectivity index (χ4n) is 2.61. The Hall–Kier alpha value is -1.88. The first-order valence-electron chi connectivity index (χ1n) is 8.09. The standard InChI is InChI=1S/C18H28N2O3/c1-7-10-15(20(4,5)8-2)17(21)19-16-13(3)11-9-12-14(16)18(22)23-6/h9,11-12,15H,7-8,10H2,1-6H3/p+1. The molecule has 128 valence electrons. The fraction of sp³-hybridized carbons (Fsp3) is 0.556. The van der Waals surface area contributed by atoms with Crippen molar-refractivity contribution in [2.45, 2.75) is 39.7 Å². The van der Waals surface area contributed by atoms with Crippen LogP contribution in [0, 0.1) is 6.92 Å². The van der Waals surface area contributed by atoms with Crippen molar-refractivity contribution in [1.82, 2.24) is 0 Å². The minimum absolute atomic E-state index is 0.0573. The second kappa shape index (κ2) is 8.11. The zero-order valence-corrected chi connectivity index (χ0v) is 15.1. The number of nitrogens with zero attached hydrogens (tertiary/aromatic N) is 1. The highest BCUT2D eigenvalue weighted by atomic mass is 16.5. The number of rotatable bonds is 7. The van der Waals surface area contributed by atoms with Crippen molar-refractivity contribution in [1.29, 1.82) is 0 Å². The molecule has 1 aromatic rings. The summed E-state index contributed by atoms with van der Waals surface area (Å²) in [7, 11) is 5.45. The summed E-state index contributed by atoms with van der Waals surface area (Å²) in [6.07, 6.45) is 1.73. The number of esters is 1. The Morgan fingerprint density at radius 3 is 2.43 bits per heavy atom. The molecule has 0 aliphatic carbocycles. The van der Waals surface area contributed by atoms with Gasteiger partial charge in [0.05, 0.1) is 39.0 Å². The summed E-state index contributed by atoms with van der Waals surface area (Å²) in [5.41, 5.74) is 1.78. The molecule has 0 aliphatic heterocycles. The topological polar surface area (TPSA) is 55.4 Å². The number of quaternary nitrogens is 1. The highest BCUT2D eigenvalue weighted by Gasteiger charge is 2.33. The van der Waals surface area contributed by atoms with E-state index in [1.165, 1.54) is 7.11 Å². The van der Waals surface area contributed by atoms with E-state index in [4.69, 9.17) is 4.74 Å². The second-order valence-corrected chi connectivity index (χ2v) is 6.38. The predicted molar refractivity (Wildman–Crippen MR) is 92.5 cm³/mol. The van der Waals surface area contributed by atoms with Gasteiger partial charge in [-0.05, 0) is 31.9 Å². The molecule has 1 rings (SSSR count). The van der Waals surface area contributed by atoms with E-state index in [-0.39, 0.29) is 11.9 Å². The Labute approximate surface area is 139 Å². The van der Waals surface area contributed by atoms with Gasteiger partial charge in [0.15, 0.2) is 6.04 Å². The summed E-state index contributed by atoms with van der Waals surface area (Å²) in [4.78, 5) is 24.8. The van der Waals surface area contributed by atoms with Gasteiger partial charge in [0, 0.05) is 6.42 Å². The van der Waals surface area contributed by atoms with E-state index in [1.807, 2.05) is 13.0 Å². The van der Waals surface area contributed by atoms with Crippen molar-refractivity contribution in [3.63, 3.8) is 0 Å². The molecule has 0 saturated carbocycles. The Morgan fingerprint density at radius 2 is 1.91 bits per heavy atom. The maximum atomic E-state index is 12.8. The Kier molecular flexibility index (Phi) is 6.76. The molecule has 5 heteroatoms. The monoisotopic (exact) mass is 321 g/mol. The molecule has 0 bridgehead atoms. The molecule has 0 saturated heterocycles. The third-order valence-corrected chi connectivity index (χ3v) is 4.45. The molecule has 1 N–H and O–H groups in total. The lowest BCUT2D eigenvalue weighted by Gasteiger charge is -2.36. The molecule has 23 heavy (non-hydrogen) atoms. The third-order valence-electron chi connectivity index (χ3n) is 4.45. The molecule has 0 fully saturated rings. The van der Waals surface area contributed by atoms with Crippen molar-refractivity contribution in [3.8, 4) is 0 Å². The van der Waals surface area contributed by atoms with Crippen LogP contribution < -0.4 is 5.32 Å². The van der Waals surface area contributed by atoms with Gasteiger partial charge in [0.1, 0.15) is 0 Å². The molecule has 5 nitrogen and oxygen atoms in total. The van der Waals surface area contributed by atoms with Gasteiger partial charge in [-0.3, -0.25) is 4.79 Å². The number of nitrogens with one attached hydrogen (secondary N) is 1. The number of hydrogen-bond acceptors (Lipinski definition) is 3. The van der Waals surface area contributed by atoms with Crippen LogP contribution in [0.1, 0.15) is 42.6 Å². The number of carbonyl (C=O) groups excluding carboxylic acids is 2. The molecular weight excluding hydrogens is 292 g/mol. The molecule has 0 spiro atoms. The van der Waals surface area contributed by atoms with Crippen molar-refractivity contribution >= 4 is 17.6 Å². The summed E-state index contributed by atoms with van der Waals surface area (Å²) < 4.78 is 5.43. The van der Waals surface area contributed by atoms with Crippen LogP contribution in [0.25, 0.3) is 0 Å². The summed E-state index contributed by atoms with van der Waals surface area (Å²) in [5, 5.41) is 2.96. The number of amides is 1. The van der Waals surface area contributed by atoms with Crippen molar-refractivity contribution in [2.24, 2.45) is 0 Å². The number of carbonyl (C=O) groups is 2. The Balaban J connectivity index is 3.15. The lowest BCUT2D eigenvalue weighted by Crippen LogP contribution is -2.54. The number of ether oxygens (including phenoxy) is 1. The largest absolute Gasteiger partial charge is 0.465 e. The smallest absolute Gasteiger partial charge is 0.339 e. The van der Waals surface area contributed by atoms with Crippen LogP contribution in [0.5, 0.6) is 0 Å². The van der Waals surface area contributed by atoms with E-state index >= 15 is 0 Å². The van der Waals surface area contributed by atoms with Gasteiger partial charge in [-0.15, -0.1) is 0 Å².